The molecule has 4 nitrogen and oxygen atoms in total. The van der Waals surface area contributed by atoms with Gasteiger partial charge in [0.25, 0.3) is 0 Å². The molecule has 0 saturated carbocycles. The minimum atomic E-state index is -2.86. The number of alkyl halides is 2. The Hall–Kier alpha value is -2.08. The predicted octanol–water partition coefficient (Wildman–Crippen LogP) is 2.16. The molecule has 0 radical (unpaired) electrons. The molecular formula is C12H10F2N2O2. The van der Waals surface area contributed by atoms with Crippen molar-refractivity contribution in [1.29, 1.82) is 0 Å². The van der Waals surface area contributed by atoms with Crippen LogP contribution in [0.15, 0.2) is 42.9 Å². The molecule has 1 N–H and O–H groups in total. The maximum absolute atomic E-state index is 12.0. The third-order valence-corrected chi connectivity index (χ3v) is 2.28. The van der Waals surface area contributed by atoms with Crippen molar-refractivity contribution in [1.82, 2.24) is 9.97 Å². The molecule has 6 heteroatoms. The molecule has 18 heavy (non-hydrogen) atoms. The van der Waals surface area contributed by atoms with E-state index < -0.39 is 12.7 Å². The molecule has 0 amide bonds. The van der Waals surface area contributed by atoms with E-state index in [-0.39, 0.29) is 5.75 Å². The van der Waals surface area contributed by atoms with Gasteiger partial charge in [0.1, 0.15) is 11.9 Å². The van der Waals surface area contributed by atoms with Crippen LogP contribution < -0.4 is 4.74 Å². The average Bonchev–Trinajstić information content (AvgIpc) is 2.39. The van der Waals surface area contributed by atoms with Crippen LogP contribution in [0.3, 0.4) is 0 Å². The molecule has 0 aliphatic rings. The van der Waals surface area contributed by atoms with Crippen molar-refractivity contribution in [2.75, 3.05) is 0 Å². The predicted molar refractivity (Wildman–Crippen MR) is 59.2 cm³/mol. The smallest absolute Gasteiger partial charge is 0.387 e. The lowest BCUT2D eigenvalue weighted by atomic mass is 10.1. The monoisotopic (exact) mass is 252 g/mol. The van der Waals surface area contributed by atoms with Gasteiger partial charge in [0.15, 0.2) is 0 Å². The highest BCUT2D eigenvalue weighted by Gasteiger charge is 2.12. The average molecular weight is 252 g/mol. The summed E-state index contributed by atoms with van der Waals surface area (Å²) in [4.78, 5) is 7.80. The van der Waals surface area contributed by atoms with E-state index in [4.69, 9.17) is 0 Å². The van der Waals surface area contributed by atoms with Crippen molar-refractivity contribution in [3.63, 3.8) is 0 Å². The van der Waals surface area contributed by atoms with Gasteiger partial charge in [-0.2, -0.15) is 8.78 Å². The van der Waals surface area contributed by atoms with Gasteiger partial charge in [-0.1, -0.05) is 12.1 Å². The fourth-order valence-corrected chi connectivity index (χ4v) is 1.45. The number of nitrogens with zero attached hydrogens (tertiary/aromatic N) is 2. The van der Waals surface area contributed by atoms with Gasteiger partial charge in [-0.05, 0) is 17.7 Å². The molecule has 94 valence electrons. The van der Waals surface area contributed by atoms with Gasteiger partial charge >= 0.3 is 6.61 Å². The van der Waals surface area contributed by atoms with E-state index in [9.17, 15) is 13.9 Å². The topological polar surface area (TPSA) is 55.2 Å². The standard InChI is InChI=1S/C12H10F2N2O2/c13-12(14)18-9-3-1-8(2-4-9)11(17)10-7-15-5-6-16-10/h1-7,11-12,17H. The van der Waals surface area contributed by atoms with Gasteiger partial charge in [-0.3, -0.25) is 9.97 Å². The molecule has 1 atom stereocenters. The van der Waals surface area contributed by atoms with Crippen molar-refractivity contribution in [2.45, 2.75) is 12.7 Å². The number of hydrogen-bond donors (Lipinski definition) is 1. The largest absolute Gasteiger partial charge is 0.435 e. The fraction of sp³-hybridized carbons (Fsp3) is 0.167. The van der Waals surface area contributed by atoms with Crippen LogP contribution in [-0.4, -0.2) is 21.7 Å². The summed E-state index contributed by atoms with van der Waals surface area (Å²) in [6.45, 7) is -2.86. The second kappa shape index (κ2) is 5.50. The van der Waals surface area contributed by atoms with E-state index in [0.717, 1.165) is 0 Å². The van der Waals surface area contributed by atoms with E-state index in [0.29, 0.717) is 11.3 Å². The minimum Gasteiger partial charge on any atom is -0.435 e. The Morgan fingerprint density at radius 2 is 1.83 bits per heavy atom. The van der Waals surface area contributed by atoms with Gasteiger partial charge in [0, 0.05) is 12.4 Å². The first-order valence-electron chi connectivity index (χ1n) is 5.15. The van der Waals surface area contributed by atoms with E-state index in [1.807, 2.05) is 0 Å². The molecule has 0 saturated heterocycles. The first-order chi connectivity index (χ1) is 8.66. The highest BCUT2D eigenvalue weighted by molar-refractivity contribution is 5.31. The van der Waals surface area contributed by atoms with Gasteiger partial charge in [0.2, 0.25) is 0 Å². The number of rotatable bonds is 4. The lowest BCUT2D eigenvalue weighted by molar-refractivity contribution is -0.0498. The third-order valence-electron chi connectivity index (χ3n) is 2.28. The lowest BCUT2D eigenvalue weighted by Crippen LogP contribution is -2.04. The van der Waals surface area contributed by atoms with Gasteiger partial charge in [0.05, 0.1) is 11.9 Å². The molecule has 0 spiro atoms. The molecular weight excluding hydrogens is 242 g/mol. The molecule has 0 fully saturated rings. The molecule has 2 rings (SSSR count). The maximum atomic E-state index is 12.0. The zero-order valence-corrected chi connectivity index (χ0v) is 9.20. The number of aliphatic hydroxyl groups excluding tert-OH is 1. The Morgan fingerprint density at radius 3 is 2.39 bits per heavy atom. The highest BCUT2D eigenvalue weighted by atomic mass is 19.3. The number of aliphatic hydroxyl groups is 1. The zero-order valence-electron chi connectivity index (χ0n) is 9.20. The summed E-state index contributed by atoms with van der Waals surface area (Å²) in [6, 6.07) is 5.72. The van der Waals surface area contributed by atoms with Crippen LogP contribution in [-0.2, 0) is 0 Å². The molecule has 2 aromatic rings. The van der Waals surface area contributed by atoms with Crippen LogP contribution in [0.2, 0.25) is 0 Å². The minimum absolute atomic E-state index is 0.0418. The number of benzene rings is 1. The first-order valence-corrected chi connectivity index (χ1v) is 5.15. The molecule has 1 aromatic carbocycles. The van der Waals surface area contributed by atoms with Gasteiger partial charge in [-0.25, -0.2) is 0 Å². The van der Waals surface area contributed by atoms with Crippen LogP contribution >= 0.6 is 0 Å². The molecule has 1 heterocycles. The molecule has 0 aliphatic heterocycles. The Bertz CT molecular complexity index is 491. The van der Waals surface area contributed by atoms with Crippen LogP contribution in [0, 0.1) is 0 Å². The quantitative estimate of drug-likeness (QED) is 0.905. The van der Waals surface area contributed by atoms with Crippen molar-refractivity contribution < 1.29 is 18.6 Å². The van der Waals surface area contributed by atoms with E-state index in [1.54, 1.807) is 0 Å². The van der Waals surface area contributed by atoms with Crippen LogP contribution in [0.5, 0.6) is 5.75 Å². The Labute approximate surface area is 102 Å². The second-order valence-corrected chi connectivity index (χ2v) is 3.48. The Kier molecular flexibility index (Phi) is 3.78. The summed E-state index contributed by atoms with van der Waals surface area (Å²) in [6.07, 6.45) is 3.45. The van der Waals surface area contributed by atoms with Crippen molar-refractivity contribution in [3.05, 3.63) is 54.1 Å². The van der Waals surface area contributed by atoms with E-state index in [2.05, 4.69) is 14.7 Å². The van der Waals surface area contributed by atoms with Crippen molar-refractivity contribution in [3.8, 4) is 5.75 Å². The van der Waals surface area contributed by atoms with Crippen molar-refractivity contribution >= 4 is 0 Å². The summed E-state index contributed by atoms with van der Waals surface area (Å²) >= 11 is 0. The summed E-state index contributed by atoms with van der Waals surface area (Å²) in [7, 11) is 0. The summed E-state index contributed by atoms with van der Waals surface area (Å²) in [5.74, 6) is 0.0418. The highest BCUT2D eigenvalue weighted by Crippen LogP contribution is 2.22. The van der Waals surface area contributed by atoms with E-state index in [1.165, 1.54) is 42.9 Å². The molecule has 0 aliphatic carbocycles. The summed E-state index contributed by atoms with van der Waals surface area (Å²) in [5.41, 5.74) is 0.914. The lowest BCUT2D eigenvalue weighted by Gasteiger charge is -2.10. The number of aromatic nitrogens is 2. The molecule has 1 unspecified atom stereocenters. The van der Waals surface area contributed by atoms with Crippen molar-refractivity contribution in [2.24, 2.45) is 0 Å². The first kappa shape index (κ1) is 12.4. The zero-order chi connectivity index (χ0) is 13.0. The molecule has 0 bridgehead atoms. The fourth-order valence-electron chi connectivity index (χ4n) is 1.45. The summed E-state index contributed by atoms with van der Waals surface area (Å²) in [5, 5.41) is 9.97. The van der Waals surface area contributed by atoms with Gasteiger partial charge < -0.3 is 9.84 Å². The van der Waals surface area contributed by atoms with Crippen LogP contribution in [0.25, 0.3) is 0 Å². The Balaban J connectivity index is 2.14. The summed E-state index contributed by atoms with van der Waals surface area (Å²) < 4.78 is 28.1. The molecule has 1 aromatic heterocycles. The SMILES string of the molecule is OC(c1ccc(OC(F)F)cc1)c1cnccn1. The normalized spacial score (nSPS) is 12.4. The number of hydrogen-bond acceptors (Lipinski definition) is 4. The number of halogens is 2. The maximum Gasteiger partial charge on any atom is 0.387 e. The second-order valence-electron chi connectivity index (χ2n) is 3.48. The van der Waals surface area contributed by atoms with E-state index >= 15 is 0 Å². The van der Waals surface area contributed by atoms with Gasteiger partial charge in [-0.15, -0.1) is 0 Å². The van der Waals surface area contributed by atoms with Crippen LogP contribution in [0.1, 0.15) is 17.4 Å². The third kappa shape index (κ3) is 2.98. The number of ether oxygens (including phenoxy) is 1. The Morgan fingerprint density at radius 1 is 1.11 bits per heavy atom. The van der Waals surface area contributed by atoms with Crippen LogP contribution in [0.4, 0.5) is 8.78 Å².